The summed E-state index contributed by atoms with van der Waals surface area (Å²) in [6, 6.07) is 10.0. The van der Waals surface area contributed by atoms with Gasteiger partial charge in [-0.1, -0.05) is 25.5 Å². The summed E-state index contributed by atoms with van der Waals surface area (Å²) in [6.45, 7) is 7.77. The first-order valence-electron chi connectivity index (χ1n) is 11.3. The van der Waals surface area contributed by atoms with Crippen molar-refractivity contribution >= 4 is 11.6 Å². The molecule has 6 nitrogen and oxygen atoms in total. The third-order valence-corrected chi connectivity index (χ3v) is 5.42. The number of amides is 1. The molecule has 0 spiro atoms. The molecule has 1 aliphatic heterocycles. The van der Waals surface area contributed by atoms with Crippen molar-refractivity contribution in [2.75, 3.05) is 24.7 Å². The van der Waals surface area contributed by atoms with E-state index >= 15 is 0 Å². The molecule has 2 heterocycles. The van der Waals surface area contributed by atoms with E-state index in [1.165, 1.54) is 5.56 Å². The van der Waals surface area contributed by atoms with Crippen LogP contribution in [0.3, 0.4) is 0 Å². The van der Waals surface area contributed by atoms with Gasteiger partial charge in [0.2, 0.25) is 5.91 Å². The van der Waals surface area contributed by atoms with Gasteiger partial charge in [0.25, 0.3) is 0 Å². The molecule has 0 aliphatic carbocycles. The summed E-state index contributed by atoms with van der Waals surface area (Å²) < 4.78 is 17.5. The first-order valence-corrected chi connectivity index (χ1v) is 11.3. The molecular formula is C25H34N2O4. The van der Waals surface area contributed by atoms with Crippen molar-refractivity contribution in [3.05, 3.63) is 53.3 Å². The van der Waals surface area contributed by atoms with Gasteiger partial charge in [0.1, 0.15) is 12.4 Å². The zero-order valence-corrected chi connectivity index (χ0v) is 18.9. The van der Waals surface area contributed by atoms with Crippen molar-refractivity contribution in [1.29, 1.82) is 0 Å². The van der Waals surface area contributed by atoms with Gasteiger partial charge in [-0.25, -0.2) is 0 Å². The fourth-order valence-electron chi connectivity index (χ4n) is 3.81. The minimum absolute atomic E-state index is 0.0271. The topological polar surface area (TPSA) is 60.9 Å². The Morgan fingerprint density at radius 3 is 2.84 bits per heavy atom. The van der Waals surface area contributed by atoms with Crippen LogP contribution < -0.4 is 9.64 Å². The standard InChI is InChI=1S/C25H34N2O4/c1-4-8-21-11-12-24(29-15-16-31-25-10-5-6-14-30-25)22(17-21)18-27(20(3)28)23-9-7-13-26-19(23)2/h7,9,11-13,17,25H,4-6,8,10,14-16,18H2,1-3H3. The number of carbonyl (C=O) groups excluding carboxylic acids is 1. The molecule has 1 fully saturated rings. The highest BCUT2D eigenvalue weighted by atomic mass is 16.7. The lowest BCUT2D eigenvalue weighted by atomic mass is 10.0. The lowest BCUT2D eigenvalue weighted by Crippen LogP contribution is -2.29. The molecule has 6 heteroatoms. The largest absolute Gasteiger partial charge is 0.491 e. The van der Waals surface area contributed by atoms with Crippen LogP contribution in [0.25, 0.3) is 0 Å². The maximum absolute atomic E-state index is 12.5. The summed E-state index contributed by atoms with van der Waals surface area (Å²) >= 11 is 0. The smallest absolute Gasteiger partial charge is 0.224 e. The number of aryl methyl sites for hydroxylation is 2. The number of anilines is 1. The van der Waals surface area contributed by atoms with Gasteiger partial charge in [0.05, 0.1) is 24.5 Å². The number of benzene rings is 1. The van der Waals surface area contributed by atoms with Crippen LogP contribution in [-0.2, 0) is 27.2 Å². The second-order valence-corrected chi connectivity index (χ2v) is 7.92. The highest BCUT2D eigenvalue weighted by Gasteiger charge is 2.18. The van der Waals surface area contributed by atoms with Crippen molar-refractivity contribution in [3.8, 4) is 5.75 Å². The Hall–Kier alpha value is -2.44. The number of ether oxygens (including phenoxy) is 3. The predicted molar refractivity (Wildman–Crippen MR) is 121 cm³/mol. The molecule has 0 saturated carbocycles. The maximum Gasteiger partial charge on any atom is 0.224 e. The zero-order chi connectivity index (χ0) is 22.1. The molecule has 0 N–H and O–H groups in total. The molecule has 1 atom stereocenters. The van der Waals surface area contributed by atoms with Crippen molar-refractivity contribution in [3.63, 3.8) is 0 Å². The van der Waals surface area contributed by atoms with Crippen molar-refractivity contribution in [1.82, 2.24) is 4.98 Å². The molecule has 1 amide bonds. The molecule has 2 aromatic rings. The van der Waals surface area contributed by atoms with Crippen molar-refractivity contribution < 1.29 is 19.0 Å². The van der Waals surface area contributed by atoms with Gasteiger partial charge in [-0.05, 0) is 56.4 Å². The van der Waals surface area contributed by atoms with Gasteiger partial charge in [0, 0.05) is 25.3 Å². The molecule has 1 aromatic carbocycles. The molecule has 1 unspecified atom stereocenters. The Kier molecular flexibility index (Phi) is 8.85. The van der Waals surface area contributed by atoms with E-state index < -0.39 is 0 Å². The fourth-order valence-corrected chi connectivity index (χ4v) is 3.81. The molecule has 31 heavy (non-hydrogen) atoms. The van der Waals surface area contributed by atoms with Crippen LogP contribution in [0.15, 0.2) is 36.5 Å². The highest BCUT2D eigenvalue weighted by Crippen LogP contribution is 2.27. The first-order chi connectivity index (χ1) is 15.1. The number of carbonyl (C=O) groups is 1. The van der Waals surface area contributed by atoms with Gasteiger partial charge in [-0.2, -0.15) is 0 Å². The minimum Gasteiger partial charge on any atom is -0.491 e. The molecule has 3 rings (SSSR count). The maximum atomic E-state index is 12.5. The summed E-state index contributed by atoms with van der Waals surface area (Å²) in [4.78, 5) is 18.6. The minimum atomic E-state index is -0.120. The van der Waals surface area contributed by atoms with Crippen LogP contribution in [0.2, 0.25) is 0 Å². The van der Waals surface area contributed by atoms with Gasteiger partial charge in [-0.3, -0.25) is 9.78 Å². The van der Waals surface area contributed by atoms with E-state index in [1.54, 1.807) is 18.0 Å². The highest BCUT2D eigenvalue weighted by molar-refractivity contribution is 5.92. The quantitative estimate of drug-likeness (QED) is 0.510. The van der Waals surface area contributed by atoms with E-state index in [2.05, 4.69) is 24.0 Å². The third kappa shape index (κ3) is 6.77. The SMILES string of the molecule is CCCc1ccc(OCCOC2CCCCO2)c(CN(C(C)=O)c2cccnc2C)c1. The summed E-state index contributed by atoms with van der Waals surface area (Å²) in [5, 5.41) is 0. The van der Waals surface area contributed by atoms with Crippen LogP contribution >= 0.6 is 0 Å². The van der Waals surface area contributed by atoms with Gasteiger partial charge in [-0.15, -0.1) is 0 Å². The van der Waals surface area contributed by atoms with E-state index in [4.69, 9.17) is 14.2 Å². The van der Waals surface area contributed by atoms with Gasteiger partial charge in [0.15, 0.2) is 6.29 Å². The number of hydrogen-bond acceptors (Lipinski definition) is 5. The Balaban J connectivity index is 1.72. The number of pyridine rings is 1. The Morgan fingerprint density at radius 2 is 2.13 bits per heavy atom. The third-order valence-electron chi connectivity index (χ3n) is 5.42. The normalized spacial score (nSPS) is 16.2. The summed E-state index contributed by atoms with van der Waals surface area (Å²) in [6.07, 6.45) is 6.86. The van der Waals surface area contributed by atoms with Crippen LogP contribution in [0.5, 0.6) is 5.75 Å². The van der Waals surface area contributed by atoms with Crippen LogP contribution in [0.4, 0.5) is 5.69 Å². The molecule has 0 bridgehead atoms. The summed E-state index contributed by atoms with van der Waals surface area (Å²) in [5.74, 6) is 0.751. The number of hydrogen-bond donors (Lipinski definition) is 0. The van der Waals surface area contributed by atoms with E-state index in [0.29, 0.717) is 19.8 Å². The first kappa shape index (κ1) is 23.2. The number of nitrogens with zero attached hydrogens (tertiary/aromatic N) is 2. The van der Waals surface area contributed by atoms with E-state index in [9.17, 15) is 4.79 Å². The second-order valence-electron chi connectivity index (χ2n) is 7.92. The average Bonchev–Trinajstić information content (AvgIpc) is 2.77. The lowest BCUT2D eigenvalue weighted by molar-refractivity contribution is -0.165. The molecule has 1 aromatic heterocycles. The number of aromatic nitrogens is 1. The summed E-state index contributed by atoms with van der Waals surface area (Å²) in [7, 11) is 0. The van der Waals surface area contributed by atoms with Crippen LogP contribution in [0, 0.1) is 6.92 Å². The molecular weight excluding hydrogens is 392 g/mol. The monoisotopic (exact) mass is 426 g/mol. The Morgan fingerprint density at radius 1 is 1.26 bits per heavy atom. The van der Waals surface area contributed by atoms with Crippen LogP contribution in [0.1, 0.15) is 56.4 Å². The number of rotatable bonds is 10. The Bertz CT molecular complexity index is 849. The van der Waals surface area contributed by atoms with E-state index in [1.807, 2.05) is 25.1 Å². The average molecular weight is 427 g/mol. The fraction of sp³-hybridized carbons (Fsp3) is 0.520. The van der Waals surface area contributed by atoms with Crippen molar-refractivity contribution in [2.24, 2.45) is 0 Å². The molecule has 168 valence electrons. The van der Waals surface area contributed by atoms with Crippen LogP contribution in [-0.4, -0.2) is 37.0 Å². The van der Waals surface area contributed by atoms with Crippen molar-refractivity contribution in [2.45, 2.75) is 65.7 Å². The van der Waals surface area contributed by atoms with Gasteiger partial charge >= 0.3 is 0 Å². The predicted octanol–water partition coefficient (Wildman–Crippen LogP) is 4.82. The zero-order valence-electron chi connectivity index (χ0n) is 18.9. The summed E-state index contributed by atoms with van der Waals surface area (Å²) in [5.41, 5.74) is 3.87. The molecule has 1 aliphatic rings. The molecule has 1 saturated heterocycles. The van der Waals surface area contributed by atoms with E-state index in [0.717, 1.165) is 61.4 Å². The lowest BCUT2D eigenvalue weighted by Gasteiger charge is -2.25. The van der Waals surface area contributed by atoms with E-state index in [-0.39, 0.29) is 12.2 Å². The van der Waals surface area contributed by atoms with Gasteiger partial charge < -0.3 is 19.1 Å². The Labute approximate surface area is 185 Å². The molecule has 0 radical (unpaired) electrons. The second kappa shape index (κ2) is 11.8.